The van der Waals surface area contributed by atoms with E-state index in [1.165, 1.54) is 12.8 Å². The van der Waals surface area contributed by atoms with Gasteiger partial charge in [-0.05, 0) is 32.9 Å². The Bertz CT molecular complexity index is 198. The molecule has 3 nitrogen and oxygen atoms in total. The van der Waals surface area contributed by atoms with Gasteiger partial charge in [0.25, 0.3) is 0 Å². The molecule has 1 aliphatic rings. The van der Waals surface area contributed by atoms with Crippen molar-refractivity contribution < 1.29 is 5.11 Å². The van der Waals surface area contributed by atoms with Gasteiger partial charge in [-0.3, -0.25) is 0 Å². The Hall–Kier alpha value is -0.120. The first-order chi connectivity index (χ1) is 7.43. The lowest BCUT2D eigenvalue weighted by atomic mass is 9.99. The van der Waals surface area contributed by atoms with Crippen LogP contribution in [0.4, 0.5) is 0 Å². The van der Waals surface area contributed by atoms with Crippen molar-refractivity contribution in [3.8, 4) is 0 Å². The van der Waals surface area contributed by atoms with Gasteiger partial charge >= 0.3 is 0 Å². The van der Waals surface area contributed by atoms with Gasteiger partial charge in [0.2, 0.25) is 0 Å². The molecule has 0 aromatic rings. The summed E-state index contributed by atoms with van der Waals surface area (Å²) in [4.78, 5) is 2.20. The lowest BCUT2D eigenvalue weighted by Crippen LogP contribution is -2.48. The van der Waals surface area contributed by atoms with Crippen LogP contribution in [0.15, 0.2) is 0 Å². The van der Waals surface area contributed by atoms with Crippen molar-refractivity contribution in [2.75, 3.05) is 27.2 Å². The van der Waals surface area contributed by atoms with Crippen molar-refractivity contribution >= 4 is 0 Å². The normalized spacial score (nSPS) is 21.9. The Balaban J connectivity index is 2.37. The van der Waals surface area contributed by atoms with Crippen molar-refractivity contribution in [3.63, 3.8) is 0 Å². The average Bonchev–Trinajstić information content (AvgIpc) is 2.59. The van der Waals surface area contributed by atoms with Gasteiger partial charge in [-0.1, -0.05) is 26.7 Å². The molecule has 96 valence electrons. The van der Waals surface area contributed by atoms with Crippen LogP contribution in [-0.2, 0) is 0 Å². The molecule has 1 fully saturated rings. The topological polar surface area (TPSA) is 35.5 Å². The summed E-state index contributed by atoms with van der Waals surface area (Å²) >= 11 is 0. The highest BCUT2D eigenvalue weighted by Gasteiger charge is 2.31. The summed E-state index contributed by atoms with van der Waals surface area (Å²) in [6.45, 7) is 6.26. The van der Waals surface area contributed by atoms with E-state index in [4.69, 9.17) is 0 Å². The summed E-state index contributed by atoms with van der Waals surface area (Å²) < 4.78 is 0. The molecule has 0 radical (unpaired) electrons. The fourth-order valence-corrected chi connectivity index (χ4v) is 2.44. The zero-order chi connectivity index (χ0) is 12.2. The van der Waals surface area contributed by atoms with Gasteiger partial charge in [0.15, 0.2) is 0 Å². The molecule has 2 N–H and O–H groups in total. The third-order valence-electron chi connectivity index (χ3n) is 3.59. The lowest BCUT2D eigenvalue weighted by molar-refractivity contribution is 0.0419. The largest absolute Gasteiger partial charge is 0.389 e. The molecule has 1 aliphatic carbocycles. The van der Waals surface area contributed by atoms with Crippen molar-refractivity contribution in [1.29, 1.82) is 0 Å². The second kappa shape index (κ2) is 5.99. The quantitative estimate of drug-likeness (QED) is 0.722. The number of likely N-dealkylation sites (N-methyl/N-ethyl adjacent to an activating group) is 1. The van der Waals surface area contributed by atoms with Crippen LogP contribution in [0.1, 0.15) is 39.5 Å². The van der Waals surface area contributed by atoms with Gasteiger partial charge in [0.05, 0.1) is 5.60 Å². The van der Waals surface area contributed by atoms with Crippen LogP contribution in [0.2, 0.25) is 0 Å². The second-order valence-electron chi connectivity index (χ2n) is 5.93. The van der Waals surface area contributed by atoms with Gasteiger partial charge in [-0.2, -0.15) is 0 Å². The molecule has 0 heterocycles. The smallest absolute Gasteiger partial charge is 0.0771 e. The highest BCUT2D eigenvalue weighted by molar-refractivity contribution is 4.88. The number of rotatable bonds is 6. The first-order valence-corrected chi connectivity index (χ1v) is 6.53. The van der Waals surface area contributed by atoms with Crippen molar-refractivity contribution in [3.05, 3.63) is 0 Å². The zero-order valence-corrected chi connectivity index (χ0v) is 11.3. The molecule has 0 bridgehead atoms. The molecule has 1 rings (SSSR count). The van der Waals surface area contributed by atoms with E-state index in [2.05, 4.69) is 38.2 Å². The van der Waals surface area contributed by atoms with Gasteiger partial charge in [0.1, 0.15) is 0 Å². The molecule has 1 unspecified atom stereocenters. The Morgan fingerprint density at radius 2 is 1.81 bits per heavy atom. The molecule has 0 aromatic heterocycles. The minimum atomic E-state index is -0.431. The van der Waals surface area contributed by atoms with Crippen LogP contribution in [0.25, 0.3) is 0 Å². The minimum absolute atomic E-state index is 0.431. The maximum absolute atomic E-state index is 10.3. The van der Waals surface area contributed by atoms with Crippen LogP contribution in [0.3, 0.4) is 0 Å². The van der Waals surface area contributed by atoms with E-state index in [1.807, 2.05) is 0 Å². The summed E-state index contributed by atoms with van der Waals surface area (Å²) in [7, 11) is 4.20. The van der Waals surface area contributed by atoms with Gasteiger partial charge in [0, 0.05) is 19.1 Å². The van der Waals surface area contributed by atoms with Crippen molar-refractivity contribution in [2.24, 2.45) is 5.92 Å². The number of nitrogens with zero attached hydrogens (tertiary/aromatic N) is 1. The van der Waals surface area contributed by atoms with Crippen molar-refractivity contribution in [1.82, 2.24) is 10.2 Å². The van der Waals surface area contributed by atoms with Crippen LogP contribution in [0.5, 0.6) is 0 Å². The van der Waals surface area contributed by atoms with Crippen LogP contribution < -0.4 is 5.32 Å². The average molecular weight is 228 g/mol. The molecule has 0 amide bonds. The SMILES string of the molecule is CC(C)C(CN(C)C)NCC1(O)CCCC1. The van der Waals surface area contributed by atoms with E-state index < -0.39 is 5.60 Å². The minimum Gasteiger partial charge on any atom is -0.389 e. The molecular weight excluding hydrogens is 200 g/mol. The molecule has 1 saturated carbocycles. The molecule has 3 heteroatoms. The van der Waals surface area contributed by atoms with Gasteiger partial charge in [-0.25, -0.2) is 0 Å². The predicted molar refractivity (Wildman–Crippen MR) is 68.6 cm³/mol. The standard InChI is InChI=1S/C13H28N2O/c1-11(2)12(9-15(3)4)14-10-13(16)7-5-6-8-13/h11-12,14,16H,5-10H2,1-4H3. The number of aliphatic hydroxyl groups is 1. The summed E-state index contributed by atoms with van der Waals surface area (Å²) in [5, 5.41) is 13.8. The number of hydrogen-bond acceptors (Lipinski definition) is 3. The maximum atomic E-state index is 10.3. The fraction of sp³-hybridized carbons (Fsp3) is 1.00. The zero-order valence-electron chi connectivity index (χ0n) is 11.3. The van der Waals surface area contributed by atoms with E-state index in [1.54, 1.807) is 0 Å². The summed E-state index contributed by atoms with van der Waals surface area (Å²) in [6, 6.07) is 0.472. The van der Waals surface area contributed by atoms with Crippen LogP contribution in [0, 0.1) is 5.92 Å². The Labute approximate surface area is 100 Å². The van der Waals surface area contributed by atoms with E-state index in [0.717, 1.165) is 25.9 Å². The van der Waals surface area contributed by atoms with Crippen LogP contribution in [-0.4, -0.2) is 48.8 Å². The third kappa shape index (κ3) is 4.40. The monoisotopic (exact) mass is 228 g/mol. The van der Waals surface area contributed by atoms with E-state index in [9.17, 15) is 5.11 Å². The summed E-state index contributed by atoms with van der Waals surface area (Å²) in [5.74, 6) is 0.604. The summed E-state index contributed by atoms with van der Waals surface area (Å²) in [6.07, 6.45) is 4.29. The molecule has 0 spiro atoms. The number of nitrogens with one attached hydrogen (secondary N) is 1. The third-order valence-corrected chi connectivity index (χ3v) is 3.59. The molecular formula is C13H28N2O. The molecule has 0 saturated heterocycles. The Morgan fingerprint density at radius 1 is 1.25 bits per heavy atom. The molecule has 0 aromatic carbocycles. The second-order valence-corrected chi connectivity index (χ2v) is 5.93. The van der Waals surface area contributed by atoms with Gasteiger partial charge in [-0.15, -0.1) is 0 Å². The highest BCUT2D eigenvalue weighted by atomic mass is 16.3. The Morgan fingerprint density at radius 3 is 2.25 bits per heavy atom. The Kier molecular flexibility index (Phi) is 5.22. The van der Waals surface area contributed by atoms with Gasteiger partial charge < -0.3 is 15.3 Å². The van der Waals surface area contributed by atoms with Crippen molar-refractivity contribution in [2.45, 2.75) is 51.2 Å². The maximum Gasteiger partial charge on any atom is 0.0771 e. The first kappa shape index (κ1) is 13.9. The highest BCUT2D eigenvalue weighted by Crippen LogP contribution is 2.28. The van der Waals surface area contributed by atoms with E-state index in [-0.39, 0.29) is 0 Å². The summed E-state index contributed by atoms with van der Waals surface area (Å²) in [5.41, 5.74) is -0.431. The first-order valence-electron chi connectivity index (χ1n) is 6.53. The number of hydrogen-bond donors (Lipinski definition) is 2. The fourth-order valence-electron chi connectivity index (χ4n) is 2.44. The van der Waals surface area contributed by atoms with Crippen LogP contribution >= 0.6 is 0 Å². The lowest BCUT2D eigenvalue weighted by Gasteiger charge is -2.30. The molecule has 16 heavy (non-hydrogen) atoms. The molecule has 1 atom stereocenters. The predicted octanol–water partition coefficient (Wildman–Crippen LogP) is 1.47. The molecule has 0 aliphatic heterocycles. The van der Waals surface area contributed by atoms with E-state index in [0.29, 0.717) is 12.0 Å². The van der Waals surface area contributed by atoms with E-state index >= 15 is 0 Å².